The average Bonchev–Trinajstić information content (AvgIpc) is 3.10. The van der Waals surface area contributed by atoms with Crippen LogP contribution in [-0.4, -0.2) is 41.0 Å². The van der Waals surface area contributed by atoms with Crippen LogP contribution >= 0.6 is 11.3 Å². The van der Waals surface area contributed by atoms with E-state index in [9.17, 15) is 18.0 Å². The fourth-order valence-corrected chi connectivity index (χ4v) is 4.00. The minimum Gasteiger partial charge on any atom is -0.444 e. The molecule has 0 unspecified atom stereocenters. The molecule has 9 heteroatoms. The molecule has 0 spiro atoms. The standard InChI is InChI=1S/C20H23F3N2O3S/c1-19(2,3)28-18(26)25-10-8-13(9-11-25)16-12-29-17(24-16)14-4-6-15(7-5-14)27-20(21,22)23/h4-7,12-13H,8-11H2,1-3H3. The lowest BCUT2D eigenvalue weighted by atomic mass is 9.94. The molecule has 1 amide bonds. The first-order chi connectivity index (χ1) is 13.5. The summed E-state index contributed by atoms with van der Waals surface area (Å²) >= 11 is 1.45. The molecule has 0 atom stereocenters. The van der Waals surface area contributed by atoms with Gasteiger partial charge in [0.2, 0.25) is 0 Å². The van der Waals surface area contributed by atoms with Crippen LogP contribution in [0.4, 0.5) is 18.0 Å². The van der Waals surface area contributed by atoms with Crippen LogP contribution in [0.25, 0.3) is 10.6 Å². The summed E-state index contributed by atoms with van der Waals surface area (Å²) in [6.45, 7) is 6.74. The Hall–Kier alpha value is -2.29. The number of benzene rings is 1. The summed E-state index contributed by atoms with van der Waals surface area (Å²) < 4.78 is 46.1. The largest absolute Gasteiger partial charge is 0.573 e. The van der Waals surface area contributed by atoms with Crippen LogP contribution in [0.15, 0.2) is 29.6 Å². The van der Waals surface area contributed by atoms with Gasteiger partial charge < -0.3 is 14.4 Å². The average molecular weight is 428 g/mol. The van der Waals surface area contributed by atoms with E-state index in [4.69, 9.17) is 4.74 Å². The van der Waals surface area contributed by atoms with Gasteiger partial charge in [-0.05, 0) is 57.9 Å². The van der Waals surface area contributed by atoms with E-state index < -0.39 is 12.0 Å². The lowest BCUT2D eigenvalue weighted by Crippen LogP contribution is -2.41. The molecule has 1 aliphatic heterocycles. The second kappa shape index (κ2) is 8.22. The Morgan fingerprint density at radius 1 is 1.14 bits per heavy atom. The van der Waals surface area contributed by atoms with Gasteiger partial charge in [-0.2, -0.15) is 0 Å². The van der Waals surface area contributed by atoms with Gasteiger partial charge in [0.1, 0.15) is 16.4 Å². The number of hydrogen-bond acceptors (Lipinski definition) is 5. The summed E-state index contributed by atoms with van der Waals surface area (Å²) in [6.07, 6.45) is -3.41. The highest BCUT2D eigenvalue weighted by atomic mass is 32.1. The molecule has 0 saturated carbocycles. The van der Waals surface area contributed by atoms with Crippen molar-refractivity contribution in [1.29, 1.82) is 0 Å². The molecule has 1 saturated heterocycles. The number of carbonyl (C=O) groups is 1. The molecule has 0 aliphatic carbocycles. The van der Waals surface area contributed by atoms with Gasteiger partial charge in [-0.3, -0.25) is 0 Å². The SMILES string of the molecule is CC(C)(C)OC(=O)N1CCC(c2csc(-c3ccc(OC(F)(F)F)cc3)n2)CC1. The van der Waals surface area contributed by atoms with Crippen LogP contribution in [-0.2, 0) is 4.74 Å². The molecule has 1 aliphatic rings. The minimum atomic E-state index is -4.70. The first-order valence-corrected chi connectivity index (χ1v) is 10.2. The Balaban J connectivity index is 1.59. The van der Waals surface area contributed by atoms with Crippen LogP contribution in [0.1, 0.15) is 45.2 Å². The lowest BCUT2D eigenvalue weighted by molar-refractivity contribution is -0.274. The first-order valence-electron chi connectivity index (χ1n) is 9.30. The first kappa shape index (κ1) is 21.4. The Morgan fingerprint density at radius 3 is 2.31 bits per heavy atom. The van der Waals surface area contributed by atoms with Gasteiger partial charge in [0.15, 0.2) is 0 Å². The monoisotopic (exact) mass is 428 g/mol. The van der Waals surface area contributed by atoms with Crippen LogP contribution < -0.4 is 4.74 Å². The quantitative estimate of drug-likeness (QED) is 0.618. The lowest BCUT2D eigenvalue weighted by Gasteiger charge is -2.32. The van der Waals surface area contributed by atoms with Gasteiger partial charge >= 0.3 is 12.5 Å². The number of hydrogen-bond donors (Lipinski definition) is 0. The second-order valence-electron chi connectivity index (χ2n) is 7.89. The smallest absolute Gasteiger partial charge is 0.444 e. The van der Waals surface area contributed by atoms with Gasteiger partial charge in [0.05, 0.1) is 5.69 Å². The Morgan fingerprint density at radius 2 is 1.76 bits per heavy atom. The van der Waals surface area contributed by atoms with E-state index in [2.05, 4.69) is 9.72 Å². The second-order valence-corrected chi connectivity index (χ2v) is 8.75. The topological polar surface area (TPSA) is 51.7 Å². The Bertz CT molecular complexity index is 836. The molecule has 1 fully saturated rings. The van der Waals surface area contributed by atoms with E-state index in [0.717, 1.165) is 29.1 Å². The van der Waals surface area contributed by atoms with Gasteiger partial charge in [0, 0.05) is 30.0 Å². The van der Waals surface area contributed by atoms with Crippen molar-refractivity contribution in [3.05, 3.63) is 35.3 Å². The summed E-state index contributed by atoms with van der Waals surface area (Å²) in [5.74, 6) is -0.0148. The Kier molecular flexibility index (Phi) is 6.07. The van der Waals surface area contributed by atoms with Crippen molar-refractivity contribution >= 4 is 17.4 Å². The van der Waals surface area contributed by atoms with E-state index >= 15 is 0 Å². The molecule has 2 heterocycles. The number of halogens is 3. The fraction of sp³-hybridized carbons (Fsp3) is 0.500. The molecule has 5 nitrogen and oxygen atoms in total. The van der Waals surface area contributed by atoms with Crippen LogP contribution in [0, 0.1) is 0 Å². The molecule has 0 bridgehead atoms. The molecule has 1 aromatic carbocycles. The number of amides is 1. The number of likely N-dealkylation sites (tertiary alicyclic amines) is 1. The van der Waals surface area contributed by atoms with Gasteiger partial charge in [-0.15, -0.1) is 24.5 Å². The predicted molar refractivity (Wildman–Crippen MR) is 104 cm³/mol. The third kappa shape index (κ3) is 6.09. The van der Waals surface area contributed by atoms with Crippen molar-refractivity contribution in [3.63, 3.8) is 0 Å². The highest BCUT2D eigenvalue weighted by Crippen LogP contribution is 2.33. The molecule has 29 heavy (non-hydrogen) atoms. The fourth-order valence-electron chi connectivity index (χ4n) is 3.09. The number of thiazole rings is 1. The number of carbonyl (C=O) groups excluding carboxylic acids is 1. The maximum atomic E-state index is 12.3. The van der Waals surface area contributed by atoms with Crippen molar-refractivity contribution in [3.8, 4) is 16.3 Å². The van der Waals surface area contributed by atoms with E-state index in [1.165, 1.54) is 23.5 Å². The normalized spacial score (nSPS) is 16.0. The summed E-state index contributed by atoms with van der Waals surface area (Å²) in [7, 11) is 0. The van der Waals surface area contributed by atoms with Crippen molar-refractivity contribution < 1.29 is 27.4 Å². The number of aromatic nitrogens is 1. The van der Waals surface area contributed by atoms with E-state index in [1.54, 1.807) is 17.0 Å². The molecule has 0 radical (unpaired) electrons. The van der Waals surface area contributed by atoms with Gasteiger partial charge in [-0.25, -0.2) is 9.78 Å². The zero-order valence-electron chi connectivity index (χ0n) is 16.5. The zero-order chi connectivity index (χ0) is 21.2. The van der Waals surface area contributed by atoms with Gasteiger partial charge in [-0.1, -0.05) is 0 Å². The van der Waals surface area contributed by atoms with Crippen LogP contribution in [0.5, 0.6) is 5.75 Å². The van der Waals surface area contributed by atoms with E-state index in [0.29, 0.717) is 13.1 Å². The number of nitrogens with zero attached hydrogens (tertiary/aromatic N) is 2. The van der Waals surface area contributed by atoms with Gasteiger partial charge in [0.25, 0.3) is 0 Å². The number of alkyl halides is 3. The highest BCUT2D eigenvalue weighted by Gasteiger charge is 2.31. The maximum absolute atomic E-state index is 12.3. The van der Waals surface area contributed by atoms with Crippen molar-refractivity contribution in [2.45, 2.75) is 51.5 Å². The molecule has 2 aromatic rings. The minimum absolute atomic E-state index is 0.242. The Labute approximate surface area is 171 Å². The third-order valence-electron chi connectivity index (χ3n) is 4.42. The van der Waals surface area contributed by atoms with Crippen molar-refractivity contribution in [2.75, 3.05) is 13.1 Å². The van der Waals surface area contributed by atoms with Crippen LogP contribution in [0.3, 0.4) is 0 Å². The van der Waals surface area contributed by atoms with E-state index in [-0.39, 0.29) is 17.8 Å². The molecule has 0 N–H and O–H groups in total. The highest BCUT2D eigenvalue weighted by molar-refractivity contribution is 7.13. The van der Waals surface area contributed by atoms with E-state index in [1.807, 2.05) is 26.2 Å². The molecular formula is C20H23F3N2O3S. The molecular weight excluding hydrogens is 405 g/mol. The number of ether oxygens (including phenoxy) is 2. The third-order valence-corrected chi connectivity index (χ3v) is 5.33. The van der Waals surface area contributed by atoms with Crippen molar-refractivity contribution in [1.82, 2.24) is 9.88 Å². The number of piperidine rings is 1. The van der Waals surface area contributed by atoms with Crippen molar-refractivity contribution in [2.24, 2.45) is 0 Å². The van der Waals surface area contributed by atoms with Crippen LogP contribution in [0.2, 0.25) is 0 Å². The summed E-state index contributed by atoms with van der Waals surface area (Å²) in [6, 6.07) is 5.69. The summed E-state index contributed by atoms with van der Waals surface area (Å²) in [5.41, 5.74) is 1.17. The maximum Gasteiger partial charge on any atom is 0.573 e. The summed E-state index contributed by atoms with van der Waals surface area (Å²) in [4.78, 5) is 18.5. The molecule has 158 valence electrons. The number of rotatable bonds is 3. The predicted octanol–water partition coefficient (Wildman–Crippen LogP) is 5.82. The zero-order valence-corrected chi connectivity index (χ0v) is 17.3. The molecule has 1 aromatic heterocycles. The summed E-state index contributed by atoms with van der Waals surface area (Å²) in [5, 5.41) is 2.72. The molecule has 3 rings (SSSR count).